The normalized spacial score (nSPS) is 11.2. The summed E-state index contributed by atoms with van der Waals surface area (Å²) in [5.41, 5.74) is 2.77. The van der Waals surface area contributed by atoms with Crippen molar-refractivity contribution in [3.05, 3.63) is 89.7 Å². The Morgan fingerprint density at radius 1 is 0.971 bits per heavy atom. The van der Waals surface area contributed by atoms with E-state index in [1.54, 1.807) is 24.3 Å². The van der Waals surface area contributed by atoms with Gasteiger partial charge in [-0.2, -0.15) is 0 Å². The molecule has 0 unspecified atom stereocenters. The Morgan fingerprint density at radius 3 is 2.29 bits per heavy atom. The highest BCUT2D eigenvalue weighted by Crippen LogP contribution is 2.24. The fourth-order valence-electron chi connectivity index (χ4n) is 2.98. The number of benzene rings is 3. The van der Waals surface area contributed by atoms with Gasteiger partial charge in [-0.25, -0.2) is 14.5 Å². The zero-order valence-electron chi connectivity index (χ0n) is 17.4. The molecule has 0 bridgehead atoms. The van der Waals surface area contributed by atoms with Gasteiger partial charge in [0.1, 0.15) is 12.1 Å². The molecule has 0 saturated heterocycles. The number of nitrogens with one attached hydrogen (secondary N) is 2. The van der Waals surface area contributed by atoms with Crippen LogP contribution in [0.5, 0.6) is 5.75 Å². The number of ether oxygens (including phenoxy) is 1. The number of carbonyl (C=O) groups is 1. The van der Waals surface area contributed by atoms with Gasteiger partial charge in [0.25, 0.3) is 0 Å². The second-order valence-electron chi connectivity index (χ2n) is 7.07. The first-order valence-corrected chi connectivity index (χ1v) is 10.3. The summed E-state index contributed by atoms with van der Waals surface area (Å²) < 4.78 is 42.2. The summed E-state index contributed by atoms with van der Waals surface area (Å²) in [5, 5.41) is 10.4. The summed E-state index contributed by atoms with van der Waals surface area (Å²) in [6, 6.07) is 19.0. The second-order valence-corrected chi connectivity index (χ2v) is 7.50. The van der Waals surface area contributed by atoms with Crippen LogP contribution >= 0.6 is 11.6 Å². The highest BCUT2D eigenvalue weighted by atomic mass is 35.5. The number of alkyl halides is 3. The molecule has 1 heterocycles. The molecule has 174 valence electrons. The van der Waals surface area contributed by atoms with Gasteiger partial charge in [-0.15, -0.1) is 18.3 Å². The molecule has 4 aromatic rings. The van der Waals surface area contributed by atoms with Crippen LogP contribution in [0.3, 0.4) is 0 Å². The van der Waals surface area contributed by atoms with Gasteiger partial charge in [-0.1, -0.05) is 35.9 Å². The van der Waals surface area contributed by atoms with Crippen LogP contribution in [0.25, 0.3) is 17.1 Å². The van der Waals surface area contributed by atoms with Crippen LogP contribution < -0.4 is 15.4 Å². The Bertz CT molecular complexity index is 1260. The first kappa shape index (κ1) is 23.1. The number of rotatable bonds is 6. The number of hydrogen-bond donors (Lipinski definition) is 2. The largest absolute Gasteiger partial charge is 0.573 e. The summed E-state index contributed by atoms with van der Waals surface area (Å²) in [4.78, 5) is 16.3. The van der Waals surface area contributed by atoms with Gasteiger partial charge < -0.3 is 15.4 Å². The first-order chi connectivity index (χ1) is 16.2. The lowest BCUT2D eigenvalue weighted by atomic mass is 10.1. The van der Waals surface area contributed by atoms with Crippen molar-refractivity contribution >= 4 is 23.3 Å². The molecule has 2 N–H and O–H groups in total. The van der Waals surface area contributed by atoms with Crippen molar-refractivity contribution in [3.63, 3.8) is 0 Å². The Hall–Kier alpha value is -4.05. The van der Waals surface area contributed by atoms with Crippen molar-refractivity contribution < 1.29 is 22.7 Å². The molecule has 34 heavy (non-hydrogen) atoms. The minimum absolute atomic E-state index is 0.313. The van der Waals surface area contributed by atoms with Gasteiger partial charge >= 0.3 is 12.4 Å². The van der Waals surface area contributed by atoms with E-state index in [9.17, 15) is 18.0 Å². The van der Waals surface area contributed by atoms with Crippen molar-refractivity contribution in [2.24, 2.45) is 0 Å². The molecule has 7 nitrogen and oxygen atoms in total. The van der Waals surface area contributed by atoms with Crippen LogP contribution in [0.4, 0.5) is 23.7 Å². The molecule has 1 aromatic heterocycles. The molecule has 0 aliphatic carbocycles. The van der Waals surface area contributed by atoms with Gasteiger partial charge in [-0.3, -0.25) is 0 Å². The number of anilines is 1. The van der Waals surface area contributed by atoms with Crippen LogP contribution in [-0.4, -0.2) is 27.2 Å². The monoisotopic (exact) mass is 487 g/mol. The van der Waals surface area contributed by atoms with E-state index >= 15 is 0 Å². The zero-order chi connectivity index (χ0) is 24.1. The smallest absolute Gasteiger partial charge is 0.406 e. The maximum absolute atomic E-state index is 12.3. The van der Waals surface area contributed by atoms with E-state index in [-0.39, 0.29) is 11.8 Å². The van der Waals surface area contributed by atoms with E-state index in [0.29, 0.717) is 28.8 Å². The molecule has 2 amide bonds. The van der Waals surface area contributed by atoms with Crippen LogP contribution in [0.1, 0.15) is 5.56 Å². The summed E-state index contributed by atoms with van der Waals surface area (Å²) in [6.07, 6.45) is -3.28. The molecule has 11 heteroatoms. The summed E-state index contributed by atoms with van der Waals surface area (Å²) >= 11 is 5.83. The number of carbonyl (C=O) groups excluding carboxylic acids is 1. The molecular formula is C23H17ClF3N5O2. The predicted octanol–water partition coefficient (Wildman–Crippen LogP) is 5.81. The molecule has 0 aliphatic heterocycles. The lowest BCUT2D eigenvalue weighted by molar-refractivity contribution is -0.274. The molecule has 0 spiro atoms. The molecule has 0 aliphatic rings. The average Bonchev–Trinajstić information content (AvgIpc) is 3.29. The first-order valence-electron chi connectivity index (χ1n) is 9.93. The van der Waals surface area contributed by atoms with Crippen LogP contribution in [0.15, 0.2) is 79.1 Å². The number of hydrogen-bond acceptors (Lipinski definition) is 4. The SMILES string of the molecule is O=C(NCc1ccc(-c2ncn(-c3ccc(OC(F)(F)F)cc3)n2)cc1)Nc1ccc(Cl)cc1. The zero-order valence-corrected chi connectivity index (χ0v) is 18.1. The summed E-state index contributed by atoms with van der Waals surface area (Å²) in [6.45, 7) is 0.313. The van der Waals surface area contributed by atoms with E-state index in [4.69, 9.17) is 11.6 Å². The minimum atomic E-state index is -4.75. The highest BCUT2D eigenvalue weighted by molar-refractivity contribution is 6.30. The van der Waals surface area contributed by atoms with Crippen molar-refractivity contribution in [1.29, 1.82) is 0 Å². The lowest BCUT2D eigenvalue weighted by Gasteiger charge is -2.09. The molecular weight excluding hydrogens is 471 g/mol. The summed E-state index contributed by atoms with van der Waals surface area (Å²) in [5.74, 6) is 0.123. The molecule has 0 radical (unpaired) electrons. The summed E-state index contributed by atoms with van der Waals surface area (Å²) in [7, 11) is 0. The molecule has 0 fully saturated rings. The Morgan fingerprint density at radius 2 is 1.65 bits per heavy atom. The number of aromatic nitrogens is 3. The van der Waals surface area contributed by atoms with Gasteiger partial charge in [-0.05, 0) is 54.1 Å². The highest BCUT2D eigenvalue weighted by Gasteiger charge is 2.31. The Kier molecular flexibility index (Phi) is 6.69. The quantitative estimate of drug-likeness (QED) is 0.360. The van der Waals surface area contributed by atoms with Crippen molar-refractivity contribution in [2.75, 3.05) is 5.32 Å². The van der Waals surface area contributed by atoms with Crippen LogP contribution in [0.2, 0.25) is 5.02 Å². The van der Waals surface area contributed by atoms with E-state index < -0.39 is 6.36 Å². The van der Waals surface area contributed by atoms with Crippen molar-refractivity contribution in [3.8, 4) is 22.8 Å². The third kappa shape index (κ3) is 6.26. The average molecular weight is 488 g/mol. The Labute approximate surface area is 197 Å². The third-order valence-corrected chi connectivity index (χ3v) is 4.85. The fraction of sp³-hybridized carbons (Fsp3) is 0.0870. The third-order valence-electron chi connectivity index (χ3n) is 4.59. The second kappa shape index (κ2) is 9.84. The van der Waals surface area contributed by atoms with Gasteiger partial charge in [0, 0.05) is 22.8 Å². The minimum Gasteiger partial charge on any atom is -0.406 e. The number of halogens is 4. The number of amides is 2. The maximum Gasteiger partial charge on any atom is 0.573 e. The van der Waals surface area contributed by atoms with Crippen LogP contribution in [-0.2, 0) is 6.54 Å². The number of nitrogens with zero attached hydrogens (tertiary/aromatic N) is 3. The lowest BCUT2D eigenvalue weighted by Crippen LogP contribution is -2.28. The molecule has 4 rings (SSSR count). The van der Waals surface area contributed by atoms with Crippen molar-refractivity contribution in [2.45, 2.75) is 12.9 Å². The molecule has 3 aromatic carbocycles. The van der Waals surface area contributed by atoms with Crippen molar-refractivity contribution in [1.82, 2.24) is 20.1 Å². The Balaban J connectivity index is 1.34. The topological polar surface area (TPSA) is 81.1 Å². The van der Waals surface area contributed by atoms with Crippen LogP contribution in [0, 0.1) is 0 Å². The van der Waals surface area contributed by atoms with Gasteiger partial charge in [0.05, 0.1) is 5.69 Å². The van der Waals surface area contributed by atoms with Gasteiger partial charge in [0.2, 0.25) is 0 Å². The maximum atomic E-state index is 12.3. The molecule has 0 atom stereocenters. The number of urea groups is 1. The van der Waals surface area contributed by atoms with Gasteiger partial charge in [0.15, 0.2) is 5.82 Å². The van der Waals surface area contributed by atoms with E-state index in [1.165, 1.54) is 35.3 Å². The van der Waals surface area contributed by atoms with E-state index in [2.05, 4.69) is 25.5 Å². The van der Waals surface area contributed by atoms with E-state index in [1.807, 2.05) is 24.3 Å². The fourth-order valence-corrected chi connectivity index (χ4v) is 3.11. The molecule has 0 saturated carbocycles. The van der Waals surface area contributed by atoms with E-state index in [0.717, 1.165) is 11.1 Å². The predicted molar refractivity (Wildman–Crippen MR) is 121 cm³/mol. The standard InChI is InChI=1S/C23H17ClF3N5O2/c24-17-5-7-18(8-6-17)30-22(33)28-13-15-1-3-16(4-2-15)21-29-14-32(31-21)19-9-11-20(12-10-19)34-23(25,26)27/h1-12,14H,13H2,(H2,28,30,33).